The van der Waals surface area contributed by atoms with E-state index in [2.05, 4.69) is 60.8 Å². The number of fused-ring (bicyclic) bond motifs is 1. The fourth-order valence-corrected chi connectivity index (χ4v) is 3.03. The molecule has 2 aromatic rings. The molecule has 0 bridgehead atoms. The molecule has 2 N–H and O–H groups in total. The molecule has 1 atom stereocenters. The van der Waals surface area contributed by atoms with Gasteiger partial charge in [-0.25, -0.2) is 0 Å². The quantitative estimate of drug-likeness (QED) is 0.894. The predicted octanol–water partition coefficient (Wildman–Crippen LogP) is 3.33. The Morgan fingerprint density at radius 1 is 1.05 bits per heavy atom. The molecule has 0 aliphatic heterocycles. The van der Waals surface area contributed by atoms with Crippen molar-refractivity contribution >= 4 is 5.69 Å². The molecule has 1 aliphatic rings. The molecule has 3 rings (SSSR count). The lowest BCUT2D eigenvalue weighted by Crippen LogP contribution is -2.47. The standard InChI is InChI=1S/C18H21NO/c1-14-6-8-17(9-7-14)19-18(13-20)11-10-15-4-2-3-5-16(15)12-18/h2-9,19-20H,10-13H2,1H3. The highest BCUT2D eigenvalue weighted by atomic mass is 16.3. The van der Waals surface area contributed by atoms with E-state index in [9.17, 15) is 5.11 Å². The number of anilines is 1. The maximum Gasteiger partial charge on any atom is 0.0664 e. The third-order valence-electron chi connectivity index (χ3n) is 4.28. The SMILES string of the molecule is Cc1ccc(NC2(CO)CCc3ccccc3C2)cc1. The van der Waals surface area contributed by atoms with E-state index in [1.807, 2.05) is 0 Å². The highest BCUT2D eigenvalue weighted by molar-refractivity contribution is 5.48. The lowest BCUT2D eigenvalue weighted by Gasteiger charge is -2.38. The highest BCUT2D eigenvalue weighted by Crippen LogP contribution is 2.31. The maximum absolute atomic E-state index is 9.92. The zero-order chi connectivity index (χ0) is 14.0. The van der Waals surface area contributed by atoms with Gasteiger partial charge in [-0.1, -0.05) is 42.0 Å². The number of aliphatic hydroxyl groups is 1. The normalized spacial score (nSPS) is 21.3. The van der Waals surface area contributed by atoms with Gasteiger partial charge < -0.3 is 10.4 Å². The molecule has 0 fully saturated rings. The second-order valence-corrected chi connectivity index (χ2v) is 5.87. The van der Waals surface area contributed by atoms with Crippen molar-refractivity contribution < 1.29 is 5.11 Å². The van der Waals surface area contributed by atoms with Crippen LogP contribution in [0.1, 0.15) is 23.1 Å². The molecule has 2 heteroatoms. The highest BCUT2D eigenvalue weighted by Gasteiger charge is 2.33. The van der Waals surface area contributed by atoms with Crippen molar-refractivity contribution in [3.05, 3.63) is 65.2 Å². The van der Waals surface area contributed by atoms with Crippen molar-refractivity contribution in [2.24, 2.45) is 0 Å². The van der Waals surface area contributed by atoms with Crippen LogP contribution >= 0.6 is 0 Å². The monoisotopic (exact) mass is 267 g/mol. The molecule has 1 unspecified atom stereocenters. The summed E-state index contributed by atoms with van der Waals surface area (Å²) in [6.07, 6.45) is 2.87. The summed E-state index contributed by atoms with van der Waals surface area (Å²) in [5.41, 5.74) is 4.88. The minimum atomic E-state index is -0.233. The molecule has 0 spiro atoms. The summed E-state index contributed by atoms with van der Waals surface area (Å²) in [7, 11) is 0. The van der Waals surface area contributed by atoms with Gasteiger partial charge in [0.2, 0.25) is 0 Å². The van der Waals surface area contributed by atoms with Gasteiger partial charge >= 0.3 is 0 Å². The molecule has 0 saturated carbocycles. The number of rotatable bonds is 3. The largest absolute Gasteiger partial charge is 0.394 e. The zero-order valence-electron chi connectivity index (χ0n) is 11.9. The van der Waals surface area contributed by atoms with E-state index < -0.39 is 0 Å². The Kier molecular flexibility index (Phi) is 3.49. The van der Waals surface area contributed by atoms with E-state index in [-0.39, 0.29) is 12.1 Å². The lowest BCUT2D eigenvalue weighted by molar-refractivity contribution is 0.196. The van der Waals surface area contributed by atoms with Crippen molar-refractivity contribution in [1.29, 1.82) is 0 Å². The van der Waals surface area contributed by atoms with Crippen LogP contribution in [0.5, 0.6) is 0 Å². The Hall–Kier alpha value is -1.80. The van der Waals surface area contributed by atoms with E-state index in [0.29, 0.717) is 0 Å². The number of benzene rings is 2. The van der Waals surface area contributed by atoms with Crippen molar-refractivity contribution in [3.8, 4) is 0 Å². The number of hydrogen-bond acceptors (Lipinski definition) is 2. The van der Waals surface area contributed by atoms with Crippen LogP contribution in [0, 0.1) is 6.92 Å². The molecule has 0 amide bonds. The average Bonchev–Trinajstić information content (AvgIpc) is 2.49. The molecule has 0 heterocycles. The summed E-state index contributed by atoms with van der Waals surface area (Å²) in [5, 5.41) is 13.5. The zero-order valence-corrected chi connectivity index (χ0v) is 11.9. The van der Waals surface area contributed by atoms with Crippen LogP contribution in [0.4, 0.5) is 5.69 Å². The predicted molar refractivity (Wildman–Crippen MR) is 83.1 cm³/mol. The van der Waals surface area contributed by atoms with Crippen molar-refractivity contribution in [2.75, 3.05) is 11.9 Å². The molecular formula is C18H21NO. The van der Waals surface area contributed by atoms with Crippen LogP contribution in [0.15, 0.2) is 48.5 Å². The van der Waals surface area contributed by atoms with Gasteiger partial charge in [-0.05, 0) is 49.4 Å². The van der Waals surface area contributed by atoms with E-state index in [1.54, 1.807) is 0 Å². The average molecular weight is 267 g/mol. The summed E-state index contributed by atoms with van der Waals surface area (Å²) < 4.78 is 0. The summed E-state index contributed by atoms with van der Waals surface area (Å²) in [5.74, 6) is 0. The van der Waals surface area contributed by atoms with E-state index in [1.165, 1.54) is 16.7 Å². The minimum Gasteiger partial charge on any atom is -0.394 e. The lowest BCUT2D eigenvalue weighted by atomic mass is 9.78. The Balaban J connectivity index is 1.84. The van der Waals surface area contributed by atoms with E-state index in [0.717, 1.165) is 24.9 Å². The molecule has 0 saturated heterocycles. The van der Waals surface area contributed by atoms with Crippen molar-refractivity contribution in [2.45, 2.75) is 31.7 Å². The van der Waals surface area contributed by atoms with Crippen LogP contribution in [-0.4, -0.2) is 17.3 Å². The summed E-state index contributed by atoms with van der Waals surface area (Å²) in [6, 6.07) is 16.9. The molecule has 1 aliphatic carbocycles. The molecule has 0 aromatic heterocycles. The number of nitrogens with one attached hydrogen (secondary N) is 1. The first-order valence-corrected chi connectivity index (χ1v) is 7.23. The molecule has 0 radical (unpaired) electrons. The van der Waals surface area contributed by atoms with Gasteiger partial charge in [0, 0.05) is 5.69 Å². The summed E-state index contributed by atoms with van der Waals surface area (Å²) in [4.78, 5) is 0. The first-order valence-electron chi connectivity index (χ1n) is 7.23. The van der Waals surface area contributed by atoms with Gasteiger partial charge in [0.1, 0.15) is 0 Å². The Morgan fingerprint density at radius 3 is 2.45 bits per heavy atom. The smallest absolute Gasteiger partial charge is 0.0664 e. The van der Waals surface area contributed by atoms with Crippen molar-refractivity contribution in [3.63, 3.8) is 0 Å². The number of hydrogen-bond donors (Lipinski definition) is 2. The van der Waals surface area contributed by atoms with Gasteiger partial charge in [-0.2, -0.15) is 0 Å². The fourth-order valence-electron chi connectivity index (χ4n) is 3.03. The van der Waals surface area contributed by atoms with Gasteiger partial charge in [0.25, 0.3) is 0 Å². The Bertz CT molecular complexity index is 591. The van der Waals surface area contributed by atoms with Gasteiger partial charge in [-0.3, -0.25) is 0 Å². The molecule has 104 valence electrons. The summed E-state index contributed by atoms with van der Waals surface area (Å²) in [6.45, 7) is 2.25. The Labute approximate surface area is 120 Å². The number of aryl methyl sites for hydroxylation is 2. The van der Waals surface area contributed by atoms with Gasteiger partial charge in [0.15, 0.2) is 0 Å². The first-order chi connectivity index (χ1) is 9.71. The van der Waals surface area contributed by atoms with E-state index in [4.69, 9.17) is 0 Å². The molecule has 2 nitrogen and oxygen atoms in total. The molecule has 20 heavy (non-hydrogen) atoms. The topological polar surface area (TPSA) is 32.3 Å². The van der Waals surface area contributed by atoms with Crippen molar-refractivity contribution in [1.82, 2.24) is 0 Å². The summed E-state index contributed by atoms with van der Waals surface area (Å²) >= 11 is 0. The third kappa shape index (κ3) is 2.56. The van der Waals surface area contributed by atoms with Gasteiger partial charge in [0.05, 0.1) is 12.1 Å². The minimum absolute atomic E-state index is 0.162. The third-order valence-corrected chi connectivity index (χ3v) is 4.28. The fraction of sp³-hybridized carbons (Fsp3) is 0.333. The van der Waals surface area contributed by atoms with Crippen LogP contribution in [0.3, 0.4) is 0 Å². The van der Waals surface area contributed by atoms with Crippen LogP contribution in [0.2, 0.25) is 0 Å². The second-order valence-electron chi connectivity index (χ2n) is 5.87. The van der Waals surface area contributed by atoms with Crippen LogP contribution < -0.4 is 5.32 Å². The Morgan fingerprint density at radius 2 is 1.75 bits per heavy atom. The molecular weight excluding hydrogens is 246 g/mol. The van der Waals surface area contributed by atoms with Crippen LogP contribution in [-0.2, 0) is 12.8 Å². The molecule has 2 aromatic carbocycles. The van der Waals surface area contributed by atoms with E-state index >= 15 is 0 Å². The second kappa shape index (κ2) is 5.29. The van der Waals surface area contributed by atoms with Gasteiger partial charge in [-0.15, -0.1) is 0 Å². The number of aliphatic hydroxyl groups excluding tert-OH is 1. The first kappa shape index (κ1) is 13.2. The maximum atomic E-state index is 9.92. The van der Waals surface area contributed by atoms with Crippen LogP contribution in [0.25, 0.3) is 0 Å².